The van der Waals surface area contributed by atoms with E-state index in [4.69, 9.17) is 4.74 Å². The van der Waals surface area contributed by atoms with Gasteiger partial charge in [-0.3, -0.25) is 9.69 Å². The monoisotopic (exact) mass is 368 g/mol. The minimum Gasteiger partial charge on any atom is -0.379 e. The topological polar surface area (TPSA) is 73.9 Å². The van der Waals surface area contributed by atoms with Gasteiger partial charge in [-0.2, -0.15) is 0 Å². The largest absolute Gasteiger partial charge is 0.379 e. The third-order valence-corrected chi connectivity index (χ3v) is 5.42. The molecule has 0 aromatic carbocycles. The first kappa shape index (κ1) is 21.0. The molecule has 0 aliphatic carbocycles. The van der Waals surface area contributed by atoms with Crippen LogP contribution in [0.2, 0.25) is 0 Å². The normalized spacial score (nSPS) is 24.5. The first-order valence-corrected chi connectivity index (χ1v) is 10.1. The van der Waals surface area contributed by atoms with Crippen molar-refractivity contribution in [3.05, 3.63) is 0 Å². The summed E-state index contributed by atoms with van der Waals surface area (Å²) in [7, 11) is 0. The van der Waals surface area contributed by atoms with Gasteiger partial charge in [-0.1, -0.05) is 13.3 Å². The fraction of sp³-hybridized carbons (Fsp3) is 0.895. The van der Waals surface area contributed by atoms with E-state index < -0.39 is 0 Å². The predicted octanol–water partition coefficient (Wildman–Crippen LogP) is 1.29. The molecule has 7 nitrogen and oxygen atoms in total. The highest BCUT2D eigenvalue weighted by atomic mass is 16.5. The van der Waals surface area contributed by atoms with Gasteiger partial charge in [-0.15, -0.1) is 0 Å². The van der Waals surface area contributed by atoms with Crippen LogP contribution in [0.1, 0.15) is 40.0 Å². The highest BCUT2D eigenvalue weighted by Crippen LogP contribution is 2.29. The van der Waals surface area contributed by atoms with E-state index >= 15 is 0 Å². The summed E-state index contributed by atoms with van der Waals surface area (Å²) in [5.74, 6) is 0.903. The van der Waals surface area contributed by atoms with Crippen LogP contribution in [0.4, 0.5) is 4.79 Å². The van der Waals surface area contributed by atoms with Crippen molar-refractivity contribution in [2.45, 2.75) is 46.1 Å². The third kappa shape index (κ3) is 6.76. The molecule has 26 heavy (non-hydrogen) atoms. The molecule has 7 heteroatoms. The molecule has 150 valence electrons. The molecule has 2 fully saturated rings. The SMILES string of the molecule is CCC1CN(C(=O)NC(C)C)CCC1CC(=O)NCCN1CCOCC1. The molecule has 0 aromatic rings. The molecule has 2 unspecified atom stereocenters. The van der Waals surface area contributed by atoms with Gasteiger partial charge in [0, 0.05) is 51.7 Å². The van der Waals surface area contributed by atoms with Crippen LogP contribution < -0.4 is 10.6 Å². The van der Waals surface area contributed by atoms with Gasteiger partial charge in [-0.25, -0.2) is 4.79 Å². The third-order valence-electron chi connectivity index (χ3n) is 5.42. The first-order valence-electron chi connectivity index (χ1n) is 10.1. The number of nitrogens with one attached hydrogen (secondary N) is 2. The van der Waals surface area contributed by atoms with Gasteiger partial charge in [0.05, 0.1) is 13.2 Å². The molecule has 2 N–H and O–H groups in total. The van der Waals surface area contributed by atoms with Gasteiger partial charge in [0.2, 0.25) is 5.91 Å². The average Bonchev–Trinajstić information content (AvgIpc) is 2.62. The average molecular weight is 369 g/mol. The zero-order valence-electron chi connectivity index (χ0n) is 16.6. The maximum absolute atomic E-state index is 12.3. The lowest BCUT2D eigenvalue weighted by atomic mass is 9.81. The first-order chi connectivity index (χ1) is 12.5. The molecular weight excluding hydrogens is 332 g/mol. The molecule has 2 aliphatic rings. The summed E-state index contributed by atoms with van der Waals surface area (Å²) < 4.78 is 5.34. The van der Waals surface area contributed by atoms with Crippen molar-refractivity contribution in [1.82, 2.24) is 20.4 Å². The quantitative estimate of drug-likeness (QED) is 0.710. The van der Waals surface area contributed by atoms with Gasteiger partial charge in [0.1, 0.15) is 0 Å². The van der Waals surface area contributed by atoms with Crippen molar-refractivity contribution in [2.24, 2.45) is 11.8 Å². The van der Waals surface area contributed by atoms with Crippen LogP contribution in [-0.4, -0.2) is 80.3 Å². The fourth-order valence-corrected chi connectivity index (χ4v) is 3.82. The highest BCUT2D eigenvalue weighted by Gasteiger charge is 2.31. The number of amides is 3. The molecule has 2 aliphatic heterocycles. The molecule has 2 atom stereocenters. The lowest BCUT2D eigenvalue weighted by Crippen LogP contribution is -2.50. The number of hydrogen-bond acceptors (Lipinski definition) is 4. The van der Waals surface area contributed by atoms with Gasteiger partial charge in [-0.05, 0) is 32.1 Å². The Labute approximate surface area is 157 Å². The zero-order chi connectivity index (χ0) is 18.9. The lowest BCUT2D eigenvalue weighted by molar-refractivity contribution is -0.122. The van der Waals surface area contributed by atoms with Crippen molar-refractivity contribution >= 4 is 11.9 Å². The molecule has 2 heterocycles. The molecule has 3 amide bonds. The van der Waals surface area contributed by atoms with Crippen molar-refractivity contribution in [2.75, 3.05) is 52.5 Å². The molecule has 0 saturated carbocycles. The van der Waals surface area contributed by atoms with E-state index in [0.717, 1.165) is 58.8 Å². The summed E-state index contributed by atoms with van der Waals surface area (Å²) in [6.45, 7) is 12.6. The smallest absolute Gasteiger partial charge is 0.317 e. The Morgan fingerprint density at radius 2 is 1.88 bits per heavy atom. The number of carbonyl (C=O) groups is 2. The Kier molecular flexibility index (Phi) is 8.65. The Bertz CT molecular complexity index is 452. The minimum absolute atomic E-state index is 0.0202. The van der Waals surface area contributed by atoms with Crippen LogP contribution in [0.5, 0.6) is 0 Å². The molecule has 0 aromatic heterocycles. The summed E-state index contributed by atoms with van der Waals surface area (Å²) in [6, 6.07) is 0.171. The standard InChI is InChI=1S/C19H36N4O3/c1-4-16-14-23(19(25)21-15(2)3)7-5-17(16)13-18(24)20-6-8-22-9-11-26-12-10-22/h15-17H,4-14H2,1-3H3,(H,20,24)(H,21,25). The van der Waals surface area contributed by atoms with Crippen molar-refractivity contribution in [1.29, 1.82) is 0 Å². The van der Waals surface area contributed by atoms with E-state index in [9.17, 15) is 9.59 Å². The number of hydrogen-bond donors (Lipinski definition) is 2. The van der Waals surface area contributed by atoms with Crippen LogP contribution in [0.3, 0.4) is 0 Å². The second-order valence-corrected chi connectivity index (χ2v) is 7.78. The molecule has 0 bridgehead atoms. The Hall–Kier alpha value is -1.34. The maximum atomic E-state index is 12.3. The summed E-state index contributed by atoms with van der Waals surface area (Å²) in [6.07, 6.45) is 2.47. The predicted molar refractivity (Wildman–Crippen MR) is 102 cm³/mol. The molecule has 2 rings (SSSR count). The summed E-state index contributed by atoms with van der Waals surface area (Å²) in [5.41, 5.74) is 0. The highest BCUT2D eigenvalue weighted by molar-refractivity contribution is 5.76. The summed E-state index contributed by atoms with van der Waals surface area (Å²) >= 11 is 0. The van der Waals surface area contributed by atoms with Crippen LogP contribution in [-0.2, 0) is 9.53 Å². The van der Waals surface area contributed by atoms with E-state index in [2.05, 4.69) is 22.5 Å². The number of piperidine rings is 1. The fourth-order valence-electron chi connectivity index (χ4n) is 3.82. The molecule has 0 radical (unpaired) electrons. The summed E-state index contributed by atoms with van der Waals surface area (Å²) in [5, 5.41) is 6.03. The number of likely N-dealkylation sites (tertiary alicyclic amines) is 1. The van der Waals surface area contributed by atoms with E-state index in [0.29, 0.717) is 24.8 Å². The second kappa shape index (κ2) is 10.7. The van der Waals surface area contributed by atoms with Crippen LogP contribution in [0.15, 0.2) is 0 Å². The van der Waals surface area contributed by atoms with Crippen molar-refractivity contribution in [3.8, 4) is 0 Å². The molecule has 0 spiro atoms. The number of urea groups is 1. The number of morpholine rings is 1. The minimum atomic E-state index is 0.0202. The van der Waals surface area contributed by atoms with E-state index in [1.165, 1.54) is 0 Å². The number of ether oxygens (including phenoxy) is 1. The maximum Gasteiger partial charge on any atom is 0.317 e. The lowest BCUT2D eigenvalue weighted by Gasteiger charge is -2.38. The Morgan fingerprint density at radius 3 is 2.54 bits per heavy atom. The number of carbonyl (C=O) groups excluding carboxylic acids is 2. The van der Waals surface area contributed by atoms with Crippen LogP contribution in [0, 0.1) is 11.8 Å². The Balaban J connectivity index is 1.70. The van der Waals surface area contributed by atoms with Gasteiger partial charge < -0.3 is 20.3 Å². The van der Waals surface area contributed by atoms with Gasteiger partial charge in [0.15, 0.2) is 0 Å². The van der Waals surface area contributed by atoms with Gasteiger partial charge >= 0.3 is 6.03 Å². The van der Waals surface area contributed by atoms with Crippen molar-refractivity contribution < 1.29 is 14.3 Å². The van der Waals surface area contributed by atoms with E-state index in [1.54, 1.807) is 0 Å². The molecule has 2 saturated heterocycles. The van der Waals surface area contributed by atoms with Crippen molar-refractivity contribution in [3.63, 3.8) is 0 Å². The van der Waals surface area contributed by atoms with Crippen LogP contribution >= 0.6 is 0 Å². The van der Waals surface area contributed by atoms with Crippen LogP contribution in [0.25, 0.3) is 0 Å². The van der Waals surface area contributed by atoms with Gasteiger partial charge in [0.25, 0.3) is 0 Å². The van der Waals surface area contributed by atoms with E-state index in [1.807, 2.05) is 18.7 Å². The van der Waals surface area contributed by atoms with E-state index in [-0.39, 0.29) is 18.0 Å². The number of rotatable bonds is 7. The zero-order valence-corrected chi connectivity index (χ0v) is 16.6. The second-order valence-electron chi connectivity index (χ2n) is 7.78. The summed E-state index contributed by atoms with van der Waals surface area (Å²) in [4.78, 5) is 28.8. The number of nitrogens with zero attached hydrogens (tertiary/aromatic N) is 2. The Morgan fingerprint density at radius 1 is 1.15 bits per heavy atom. The molecular formula is C19H36N4O3.